The zero-order valence-corrected chi connectivity index (χ0v) is 11.5. The number of rotatable bonds is 4. The summed E-state index contributed by atoms with van der Waals surface area (Å²) in [5, 5.41) is 2.70. The molecule has 0 unspecified atom stereocenters. The molecule has 0 fully saturated rings. The van der Waals surface area contributed by atoms with Crippen LogP contribution in [-0.4, -0.2) is 12.5 Å². The minimum absolute atomic E-state index is 0.128. The molecule has 2 nitrogen and oxygen atoms in total. The number of benzene rings is 2. The second kappa shape index (κ2) is 6.52. The quantitative estimate of drug-likeness (QED) is 0.833. The van der Waals surface area contributed by atoms with Crippen molar-refractivity contribution in [1.82, 2.24) is 5.32 Å². The summed E-state index contributed by atoms with van der Waals surface area (Å²) in [6, 6.07) is 10.2. The molecule has 1 N–H and O–H groups in total. The van der Waals surface area contributed by atoms with Gasteiger partial charge in [0.2, 0.25) is 0 Å². The molecule has 0 aliphatic rings. The van der Waals surface area contributed by atoms with Crippen LogP contribution in [0.3, 0.4) is 0 Å². The van der Waals surface area contributed by atoms with Crippen LogP contribution in [0.15, 0.2) is 47.4 Å². The molecule has 0 saturated carbocycles. The van der Waals surface area contributed by atoms with Crippen molar-refractivity contribution in [1.29, 1.82) is 0 Å². The summed E-state index contributed by atoms with van der Waals surface area (Å²) in [7, 11) is 0. The second-order valence-corrected chi connectivity index (χ2v) is 4.78. The predicted octanol–water partition coefficient (Wildman–Crippen LogP) is 3.23. The van der Waals surface area contributed by atoms with Crippen molar-refractivity contribution >= 4 is 18.5 Å². The summed E-state index contributed by atoms with van der Waals surface area (Å²) in [5.74, 6) is -1.08. The van der Waals surface area contributed by atoms with E-state index in [0.717, 1.165) is 5.56 Å². The van der Waals surface area contributed by atoms with Crippen LogP contribution >= 0.6 is 12.6 Å². The molecule has 5 heteroatoms. The molecule has 0 heterocycles. The molecular formula is C15H13F2NOS. The molecule has 0 bridgehead atoms. The molecule has 0 aliphatic carbocycles. The molecule has 0 radical (unpaired) electrons. The molecule has 0 spiro atoms. The standard InChI is InChI=1S/C15H13F2NOS/c16-12-3-1-2-10(8-12)6-7-18-15(19)11-4-5-13(17)14(20)9-11/h1-5,8-9,20H,6-7H2,(H,18,19). The Morgan fingerprint density at radius 3 is 2.65 bits per heavy atom. The fourth-order valence-electron chi connectivity index (χ4n) is 1.77. The maximum absolute atomic E-state index is 13.0. The van der Waals surface area contributed by atoms with Gasteiger partial charge in [-0.15, -0.1) is 12.6 Å². The van der Waals surface area contributed by atoms with Crippen LogP contribution in [0.5, 0.6) is 0 Å². The van der Waals surface area contributed by atoms with Crippen LogP contribution < -0.4 is 5.32 Å². The smallest absolute Gasteiger partial charge is 0.251 e. The van der Waals surface area contributed by atoms with Crippen molar-refractivity contribution in [3.8, 4) is 0 Å². The number of carbonyl (C=O) groups is 1. The van der Waals surface area contributed by atoms with Gasteiger partial charge in [0.25, 0.3) is 5.91 Å². The van der Waals surface area contributed by atoms with E-state index in [9.17, 15) is 13.6 Å². The van der Waals surface area contributed by atoms with Gasteiger partial charge >= 0.3 is 0 Å². The third-order valence-electron chi connectivity index (χ3n) is 2.80. The Kier molecular flexibility index (Phi) is 4.74. The van der Waals surface area contributed by atoms with Gasteiger partial charge in [0.05, 0.1) is 0 Å². The Balaban J connectivity index is 1.90. The van der Waals surface area contributed by atoms with Gasteiger partial charge in [-0.25, -0.2) is 8.78 Å². The average Bonchev–Trinajstić information content (AvgIpc) is 2.42. The molecule has 0 aliphatic heterocycles. The first kappa shape index (κ1) is 14.5. The SMILES string of the molecule is O=C(NCCc1cccc(F)c1)c1ccc(F)c(S)c1. The van der Waals surface area contributed by atoms with E-state index in [-0.39, 0.29) is 16.6 Å². The first-order valence-corrected chi connectivity index (χ1v) is 6.52. The number of hydrogen-bond acceptors (Lipinski definition) is 2. The lowest BCUT2D eigenvalue weighted by Crippen LogP contribution is -2.25. The van der Waals surface area contributed by atoms with Crippen molar-refractivity contribution in [3.63, 3.8) is 0 Å². The number of halogens is 2. The van der Waals surface area contributed by atoms with Crippen molar-refractivity contribution < 1.29 is 13.6 Å². The van der Waals surface area contributed by atoms with Crippen molar-refractivity contribution in [2.45, 2.75) is 11.3 Å². The Bertz CT molecular complexity index is 631. The van der Waals surface area contributed by atoms with Crippen LogP contribution in [0.25, 0.3) is 0 Å². The Morgan fingerprint density at radius 1 is 1.15 bits per heavy atom. The topological polar surface area (TPSA) is 29.1 Å². The molecule has 0 atom stereocenters. The largest absolute Gasteiger partial charge is 0.352 e. The van der Waals surface area contributed by atoms with E-state index >= 15 is 0 Å². The van der Waals surface area contributed by atoms with E-state index in [0.29, 0.717) is 18.5 Å². The van der Waals surface area contributed by atoms with E-state index in [4.69, 9.17) is 0 Å². The minimum atomic E-state index is -0.468. The van der Waals surface area contributed by atoms with Gasteiger partial charge in [0.15, 0.2) is 0 Å². The number of hydrogen-bond donors (Lipinski definition) is 2. The third kappa shape index (κ3) is 3.81. The lowest BCUT2D eigenvalue weighted by atomic mass is 10.1. The Morgan fingerprint density at radius 2 is 1.95 bits per heavy atom. The highest BCUT2D eigenvalue weighted by molar-refractivity contribution is 7.80. The lowest BCUT2D eigenvalue weighted by molar-refractivity contribution is 0.0954. The summed E-state index contributed by atoms with van der Waals surface area (Å²) < 4.78 is 26.0. The van der Waals surface area contributed by atoms with Gasteiger partial charge in [-0.05, 0) is 42.3 Å². The maximum atomic E-state index is 13.0. The summed E-state index contributed by atoms with van der Waals surface area (Å²) in [6.07, 6.45) is 0.526. The molecular weight excluding hydrogens is 280 g/mol. The summed E-state index contributed by atoms with van der Waals surface area (Å²) in [5.41, 5.74) is 1.15. The normalized spacial score (nSPS) is 10.3. The van der Waals surface area contributed by atoms with E-state index in [2.05, 4.69) is 17.9 Å². The van der Waals surface area contributed by atoms with Gasteiger partial charge in [-0.3, -0.25) is 4.79 Å². The van der Waals surface area contributed by atoms with Crippen LogP contribution in [0.1, 0.15) is 15.9 Å². The number of carbonyl (C=O) groups excluding carboxylic acids is 1. The molecule has 104 valence electrons. The van der Waals surface area contributed by atoms with Crippen molar-refractivity contribution in [2.24, 2.45) is 0 Å². The number of thiol groups is 1. The monoisotopic (exact) mass is 293 g/mol. The van der Waals surface area contributed by atoms with Crippen molar-refractivity contribution in [2.75, 3.05) is 6.54 Å². The Hall–Kier alpha value is -1.88. The molecule has 2 aromatic carbocycles. The van der Waals surface area contributed by atoms with Crippen LogP contribution in [0, 0.1) is 11.6 Å². The fraction of sp³-hybridized carbons (Fsp3) is 0.133. The number of nitrogens with one attached hydrogen (secondary N) is 1. The van der Waals surface area contributed by atoms with Gasteiger partial charge in [-0.1, -0.05) is 12.1 Å². The van der Waals surface area contributed by atoms with Gasteiger partial charge < -0.3 is 5.32 Å². The minimum Gasteiger partial charge on any atom is -0.352 e. The first-order chi connectivity index (χ1) is 9.56. The number of amides is 1. The molecule has 0 aromatic heterocycles. The Labute approximate surface area is 121 Å². The van der Waals surface area contributed by atoms with Gasteiger partial charge in [-0.2, -0.15) is 0 Å². The van der Waals surface area contributed by atoms with Crippen molar-refractivity contribution in [3.05, 3.63) is 65.2 Å². The summed E-state index contributed by atoms with van der Waals surface area (Å²) in [4.78, 5) is 12.0. The van der Waals surface area contributed by atoms with Gasteiger partial charge in [0, 0.05) is 17.0 Å². The predicted molar refractivity (Wildman–Crippen MR) is 76.1 cm³/mol. The molecule has 2 rings (SSSR count). The second-order valence-electron chi connectivity index (χ2n) is 4.30. The van der Waals surface area contributed by atoms with E-state index < -0.39 is 5.82 Å². The molecule has 0 saturated heterocycles. The van der Waals surface area contributed by atoms with E-state index in [1.165, 1.54) is 30.3 Å². The van der Waals surface area contributed by atoms with E-state index in [1.807, 2.05) is 0 Å². The highest BCUT2D eigenvalue weighted by atomic mass is 32.1. The lowest BCUT2D eigenvalue weighted by Gasteiger charge is -2.06. The summed E-state index contributed by atoms with van der Waals surface area (Å²) in [6.45, 7) is 0.377. The highest BCUT2D eigenvalue weighted by Gasteiger charge is 2.07. The van der Waals surface area contributed by atoms with Crippen LogP contribution in [-0.2, 0) is 6.42 Å². The zero-order valence-electron chi connectivity index (χ0n) is 10.6. The van der Waals surface area contributed by atoms with E-state index in [1.54, 1.807) is 12.1 Å². The van der Waals surface area contributed by atoms with Crippen LogP contribution in [0.2, 0.25) is 0 Å². The molecule has 20 heavy (non-hydrogen) atoms. The van der Waals surface area contributed by atoms with Gasteiger partial charge in [0.1, 0.15) is 11.6 Å². The summed E-state index contributed by atoms with van der Waals surface area (Å²) >= 11 is 3.92. The zero-order chi connectivity index (χ0) is 14.5. The van der Waals surface area contributed by atoms with Crippen LogP contribution in [0.4, 0.5) is 8.78 Å². The molecule has 2 aromatic rings. The fourth-order valence-corrected chi connectivity index (χ4v) is 1.98. The highest BCUT2D eigenvalue weighted by Crippen LogP contribution is 2.14. The third-order valence-corrected chi connectivity index (χ3v) is 3.14. The molecule has 1 amide bonds. The first-order valence-electron chi connectivity index (χ1n) is 6.07. The average molecular weight is 293 g/mol. The maximum Gasteiger partial charge on any atom is 0.251 e.